The standard InChI is InChI=1S/C21H31ClN4/c1-20(2,3)15-21(4,5)25-18-12-17(23-19(22)24-18)14-26(6)13-16-10-8-7-9-11-16/h7-12H,13-15H2,1-6H3,(H,23,24,25). The summed E-state index contributed by atoms with van der Waals surface area (Å²) in [6.07, 6.45) is 1.02. The molecular weight excluding hydrogens is 344 g/mol. The fourth-order valence-corrected chi connectivity index (χ4v) is 3.75. The summed E-state index contributed by atoms with van der Waals surface area (Å²) in [5, 5.41) is 3.81. The van der Waals surface area contributed by atoms with Gasteiger partial charge in [-0.1, -0.05) is 51.1 Å². The molecule has 0 bridgehead atoms. The van der Waals surface area contributed by atoms with Crippen LogP contribution in [0.15, 0.2) is 36.4 Å². The highest BCUT2D eigenvalue weighted by Crippen LogP contribution is 2.29. The first kappa shape index (κ1) is 20.7. The van der Waals surface area contributed by atoms with Gasteiger partial charge in [0.15, 0.2) is 0 Å². The molecule has 0 aliphatic carbocycles. The normalized spacial score (nSPS) is 12.5. The van der Waals surface area contributed by atoms with E-state index in [0.717, 1.165) is 24.5 Å². The second-order valence-electron chi connectivity index (χ2n) is 8.92. The van der Waals surface area contributed by atoms with E-state index in [1.54, 1.807) is 0 Å². The van der Waals surface area contributed by atoms with E-state index in [1.807, 2.05) is 12.1 Å². The van der Waals surface area contributed by atoms with Gasteiger partial charge in [-0.25, -0.2) is 9.97 Å². The maximum atomic E-state index is 6.17. The summed E-state index contributed by atoms with van der Waals surface area (Å²) in [7, 11) is 2.08. The Morgan fingerprint density at radius 3 is 2.27 bits per heavy atom. The number of hydrogen-bond acceptors (Lipinski definition) is 4. The predicted octanol–water partition coefficient (Wildman–Crippen LogP) is 5.39. The minimum atomic E-state index is -0.0802. The third kappa shape index (κ3) is 7.30. The first-order valence-corrected chi connectivity index (χ1v) is 9.44. The van der Waals surface area contributed by atoms with E-state index in [0.29, 0.717) is 6.54 Å². The lowest BCUT2D eigenvalue weighted by molar-refractivity contribution is 0.301. The van der Waals surface area contributed by atoms with Gasteiger partial charge in [-0.2, -0.15) is 0 Å². The molecule has 0 aliphatic rings. The van der Waals surface area contributed by atoms with Crippen molar-refractivity contribution in [2.45, 2.75) is 59.7 Å². The fourth-order valence-electron chi connectivity index (χ4n) is 3.55. The van der Waals surface area contributed by atoms with Gasteiger partial charge in [-0.05, 0) is 49.9 Å². The number of anilines is 1. The highest BCUT2D eigenvalue weighted by atomic mass is 35.5. The van der Waals surface area contributed by atoms with Crippen LogP contribution in [0.3, 0.4) is 0 Å². The van der Waals surface area contributed by atoms with Crippen LogP contribution in [0, 0.1) is 5.41 Å². The molecule has 2 aromatic rings. The quantitative estimate of drug-likeness (QED) is 0.660. The van der Waals surface area contributed by atoms with Gasteiger partial charge in [0.1, 0.15) is 5.82 Å². The van der Waals surface area contributed by atoms with Crippen LogP contribution in [0.5, 0.6) is 0 Å². The topological polar surface area (TPSA) is 41.0 Å². The minimum absolute atomic E-state index is 0.0802. The van der Waals surface area contributed by atoms with Crippen LogP contribution >= 0.6 is 11.6 Å². The fraction of sp³-hybridized carbons (Fsp3) is 0.524. The Morgan fingerprint density at radius 1 is 1.00 bits per heavy atom. The number of rotatable bonds is 7. The number of benzene rings is 1. The number of nitrogens with one attached hydrogen (secondary N) is 1. The van der Waals surface area contributed by atoms with Gasteiger partial charge in [0, 0.05) is 24.7 Å². The van der Waals surface area contributed by atoms with E-state index < -0.39 is 0 Å². The van der Waals surface area contributed by atoms with Crippen molar-refractivity contribution in [1.29, 1.82) is 0 Å². The highest BCUT2D eigenvalue weighted by Gasteiger charge is 2.26. The Balaban J connectivity index is 2.06. The SMILES string of the molecule is CN(Cc1ccccc1)Cc1cc(NC(C)(C)CC(C)(C)C)nc(Cl)n1. The Labute approximate surface area is 163 Å². The summed E-state index contributed by atoms with van der Waals surface area (Å²) in [6, 6.07) is 12.4. The largest absolute Gasteiger partial charge is 0.365 e. The first-order valence-electron chi connectivity index (χ1n) is 9.07. The second-order valence-corrected chi connectivity index (χ2v) is 9.26. The average Bonchev–Trinajstić information content (AvgIpc) is 2.43. The molecule has 0 fully saturated rings. The number of aromatic nitrogens is 2. The molecule has 1 aromatic heterocycles. The Bertz CT molecular complexity index is 708. The Morgan fingerprint density at radius 2 is 1.65 bits per heavy atom. The smallest absolute Gasteiger partial charge is 0.224 e. The van der Waals surface area contributed by atoms with Gasteiger partial charge in [-0.15, -0.1) is 0 Å². The van der Waals surface area contributed by atoms with Crippen molar-refractivity contribution in [3.8, 4) is 0 Å². The van der Waals surface area contributed by atoms with Crippen LogP contribution in [-0.2, 0) is 13.1 Å². The molecule has 4 nitrogen and oxygen atoms in total. The summed E-state index contributed by atoms with van der Waals surface area (Å²) in [6.45, 7) is 12.7. The molecule has 0 atom stereocenters. The molecule has 0 unspecified atom stereocenters. The second kappa shape index (κ2) is 8.36. The molecule has 0 saturated carbocycles. The van der Waals surface area contributed by atoms with Crippen LogP contribution in [-0.4, -0.2) is 27.5 Å². The van der Waals surface area contributed by atoms with Crippen molar-refractivity contribution in [3.05, 3.63) is 52.9 Å². The van der Waals surface area contributed by atoms with Crippen LogP contribution in [0.4, 0.5) is 5.82 Å². The lowest BCUT2D eigenvalue weighted by Crippen LogP contribution is -2.35. The number of hydrogen-bond donors (Lipinski definition) is 1. The molecule has 142 valence electrons. The minimum Gasteiger partial charge on any atom is -0.365 e. The van der Waals surface area contributed by atoms with Crippen molar-refractivity contribution in [2.24, 2.45) is 5.41 Å². The molecule has 0 amide bonds. The van der Waals surface area contributed by atoms with E-state index in [4.69, 9.17) is 11.6 Å². The zero-order valence-corrected chi connectivity index (χ0v) is 17.6. The molecule has 0 radical (unpaired) electrons. The Hall–Kier alpha value is -1.65. The van der Waals surface area contributed by atoms with Crippen molar-refractivity contribution in [2.75, 3.05) is 12.4 Å². The molecule has 0 aliphatic heterocycles. The van der Waals surface area contributed by atoms with Crippen LogP contribution in [0.25, 0.3) is 0 Å². The van der Waals surface area contributed by atoms with Gasteiger partial charge < -0.3 is 5.32 Å². The van der Waals surface area contributed by atoms with Gasteiger partial charge in [-0.3, -0.25) is 4.90 Å². The molecule has 0 spiro atoms. The third-order valence-corrected chi connectivity index (χ3v) is 4.09. The monoisotopic (exact) mass is 374 g/mol. The zero-order chi connectivity index (χ0) is 19.4. The van der Waals surface area contributed by atoms with Crippen molar-refractivity contribution in [1.82, 2.24) is 14.9 Å². The van der Waals surface area contributed by atoms with E-state index in [2.05, 4.69) is 86.1 Å². The van der Waals surface area contributed by atoms with Crippen LogP contribution in [0.2, 0.25) is 5.28 Å². The van der Waals surface area contributed by atoms with Gasteiger partial charge in [0.05, 0.1) is 5.69 Å². The number of halogens is 1. The summed E-state index contributed by atoms with van der Waals surface area (Å²) in [4.78, 5) is 11.0. The summed E-state index contributed by atoms with van der Waals surface area (Å²) in [5.41, 5.74) is 2.34. The maximum Gasteiger partial charge on any atom is 0.224 e. The molecule has 5 heteroatoms. The predicted molar refractivity (Wildman–Crippen MR) is 110 cm³/mol. The molecule has 1 heterocycles. The van der Waals surface area contributed by atoms with E-state index >= 15 is 0 Å². The van der Waals surface area contributed by atoms with Crippen LogP contribution in [0.1, 0.15) is 52.3 Å². The van der Waals surface area contributed by atoms with E-state index in [1.165, 1.54) is 5.56 Å². The lowest BCUT2D eigenvalue weighted by Gasteiger charge is -2.33. The third-order valence-electron chi connectivity index (χ3n) is 3.92. The molecule has 1 aromatic carbocycles. The maximum absolute atomic E-state index is 6.17. The number of nitrogens with zero attached hydrogens (tertiary/aromatic N) is 3. The average molecular weight is 375 g/mol. The van der Waals surface area contributed by atoms with E-state index in [-0.39, 0.29) is 16.2 Å². The Kier molecular flexibility index (Phi) is 6.64. The molecule has 0 saturated heterocycles. The van der Waals surface area contributed by atoms with Gasteiger partial charge >= 0.3 is 0 Å². The summed E-state index contributed by atoms with van der Waals surface area (Å²) < 4.78 is 0. The molecule has 1 N–H and O–H groups in total. The van der Waals surface area contributed by atoms with Crippen molar-refractivity contribution in [3.63, 3.8) is 0 Å². The molecular formula is C21H31ClN4. The lowest BCUT2D eigenvalue weighted by atomic mass is 9.82. The molecule has 26 heavy (non-hydrogen) atoms. The van der Waals surface area contributed by atoms with E-state index in [9.17, 15) is 0 Å². The van der Waals surface area contributed by atoms with Gasteiger partial charge in [0.2, 0.25) is 5.28 Å². The first-order chi connectivity index (χ1) is 12.0. The highest BCUT2D eigenvalue weighted by molar-refractivity contribution is 6.28. The summed E-state index contributed by atoms with van der Waals surface area (Å²) in [5.74, 6) is 0.780. The zero-order valence-electron chi connectivity index (χ0n) is 16.8. The summed E-state index contributed by atoms with van der Waals surface area (Å²) >= 11 is 6.17. The van der Waals surface area contributed by atoms with Gasteiger partial charge in [0.25, 0.3) is 0 Å². The molecule has 2 rings (SSSR count). The van der Waals surface area contributed by atoms with Crippen LogP contribution < -0.4 is 5.32 Å². The van der Waals surface area contributed by atoms with Crippen molar-refractivity contribution < 1.29 is 0 Å². The van der Waals surface area contributed by atoms with Crippen molar-refractivity contribution >= 4 is 17.4 Å².